The summed E-state index contributed by atoms with van der Waals surface area (Å²) in [6.45, 7) is 2.30. The van der Waals surface area contributed by atoms with Gasteiger partial charge >= 0.3 is 0 Å². The van der Waals surface area contributed by atoms with Crippen LogP contribution in [0.1, 0.15) is 32.1 Å². The Balaban J connectivity index is 2.11. The van der Waals surface area contributed by atoms with Crippen molar-refractivity contribution < 1.29 is 0 Å². The van der Waals surface area contributed by atoms with Gasteiger partial charge in [0, 0.05) is 6.54 Å². The zero-order valence-corrected chi connectivity index (χ0v) is 7.60. The van der Waals surface area contributed by atoms with Crippen molar-refractivity contribution in [3.05, 3.63) is 23.3 Å². The van der Waals surface area contributed by atoms with Gasteiger partial charge in [-0.25, -0.2) is 0 Å². The van der Waals surface area contributed by atoms with Crippen LogP contribution in [0.4, 0.5) is 0 Å². The maximum absolute atomic E-state index is 3.48. The summed E-state index contributed by atoms with van der Waals surface area (Å²) in [7, 11) is 0. The molecule has 0 saturated carbocycles. The largest absolute Gasteiger partial charge is 0.313 e. The third-order valence-corrected chi connectivity index (χ3v) is 2.77. The molecular formula is C11H17N. The molecule has 1 N–H and O–H groups in total. The molecule has 0 aromatic carbocycles. The lowest BCUT2D eigenvalue weighted by molar-refractivity contribution is 0.647. The Kier molecular flexibility index (Phi) is 2.62. The molecule has 1 fully saturated rings. The van der Waals surface area contributed by atoms with E-state index in [1.165, 1.54) is 38.6 Å². The second-order valence-electron chi connectivity index (χ2n) is 3.73. The van der Waals surface area contributed by atoms with Crippen molar-refractivity contribution in [2.75, 3.05) is 13.1 Å². The van der Waals surface area contributed by atoms with Gasteiger partial charge in [0.1, 0.15) is 0 Å². The molecule has 1 aliphatic heterocycles. The maximum Gasteiger partial charge on any atom is 0.0164 e. The number of allylic oxidation sites excluding steroid dienone is 2. The van der Waals surface area contributed by atoms with E-state index in [0.29, 0.717) is 0 Å². The Hall–Kier alpha value is -0.560. The minimum absolute atomic E-state index is 1.13. The molecule has 1 saturated heterocycles. The Morgan fingerprint density at radius 2 is 1.67 bits per heavy atom. The van der Waals surface area contributed by atoms with Gasteiger partial charge in [-0.15, -0.1) is 0 Å². The molecule has 2 rings (SSSR count). The summed E-state index contributed by atoms with van der Waals surface area (Å²) < 4.78 is 0. The molecule has 66 valence electrons. The van der Waals surface area contributed by atoms with Crippen LogP contribution in [0.2, 0.25) is 0 Å². The first kappa shape index (κ1) is 8.06. The van der Waals surface area contributed by atoms with Crippen LogP contribution in [-0.2, 0) is 0 Å². The van der Waals surface area contributed by atoms with E-state index in [1.54, 1.807) is 11.1 Å². The van der Waals surface area contributed by atoms with Gasteiger partial charge in [-0.2, -0.15) is 0 Å². The summed E-state index contributed by atoms with van der Waals surface area (Å²) in [5, 5.41) is 3.48. The van der Waals surface area contributed by atoms with Crippen LogP contribution in [-0.4, -0.2) is 13.1 Å². The van der Waals surface area contributed by atoms with Crippen molar-refractivity contribution in [3.8, 4) is 0 Å². The zero-order chi connectivity index (χ0) is 8.23. The molecule has 2 aliphatic rings. The summed E-state index contributed by atoms with van der Waals surface area (Å²) in [5.41, 5.74) is 3.30. The topological polar surface area (TPSA) is 12.0 Å². The van der Waals surface area contributed by atoms with Crippen LogP contribution in [0.3, 0.4) is 0 Å². The quantitative estimate of drug-likeness (QED) is 0.541. The standard InChI is InChI=1S/C11H17N/c1-2-4-11-6-5-10(3-1)7-8-12-9-11/h3-4,12H,1-2,5-9H2. The number of nitrogens with one attached hydrogen (secondary N) is 1. The predicted octanol–water partition coefficient (Wildman–Crippen LogP) is 2.41. The van der Waals surface area contributed by atoms with Crippen LogP contribution < -0.4 is 5.32 Å². The molecule has 12 heavy (non-hydrogen) atoms. The predicted molar refractivity (Wildman–Crippen MR) is 52.1 cm³/mol. The van der Waals surface area contributed by atoms with Crippen LogP contribution in [0.15, 0.2) is 23.3 Å². The second kappa shape index (κ2) is 3.90. The first-order chi connectivity index (χ1) is 5.95. The van der Waals surface area contributed by atoms with Crippen molar-refractivity contribution in [3.63, 3.8) is 0 Å². The highest BCUT2D eigenvalue weighted by molar-refractivity contribution is 5.15. The number of hydrogen-bond donors (Lipinski definition) is 1. The Morgan fingerprint density at radius 1 is 0.917 bits per heavy atom. The molecule has 1 heterocycles. The first-order valence-electron chi connectivity index (χ1n) is 5.02. The van der Waals surface area contributed by atoms with Crippen molar-refractivity contribution in [1.82, 2.24) is 5.32 Å². The Labute approximate surface area is 74.5 Å². The summed E-state index contributed by atoms with van der Waals surface area (Å²) >= 11 is 0. The molecule has 0 aromatic rings. The van der Waals surface area contributed by atoms with Gasteiger partial charge in [0.15, 0.2) is 0 Å². The highest BCUT2D eigenvalue weighted by atomic mass is 14.8. The Bertz CT molecular complexity index is 189. The monoisotopic (exact) mass is 163 g/mol. The lowest BCUT2D eigenvalue weighted by Gasteiger charge is -2.18. The third-order valence-electron chi connectivity index (χ3n) is 2.77. The van der Waals surface area contributed by atoms with E-state index >= 15 is 0 Å². The van der Waals surface area contributed by atoms with E-state index in [1.807, 2.05) is 0 Å². The average Bonchev–Trinajstić information content (AvgIpc) is 2.03. The molecule has 1 heteroatoms. The van der Waals surface area contributed by atoms with E-state index in [-0.39, 0.29) is 0 Å². The smallest absolute Gasteiger partial charge is 0.0164 e. The van der Waals surface area contributed by atoms with Crippen LogP contribution in [0.5, 0.6) is 0 Å². The van der Waals surface area contributed by atoms with Crippen molar-refractivity contribution in [2.45, 2.75) is 32.1 Å². The third kappa shape index (κ3) is 1.98. The molecule has 0 aromatic heterocycles. The highest BCUT2D eigenvalue weighted by Crippen LogP contribution is 2.20. The zero-order valence-electron chi connectivity index (χ0n) is 7.60. The fourth-order valence-electron chi connectivity index (χ4n) is 1.99. The molecule has 0 unspecified atom stereocenters. The normalized spacial score (nSPS) is 24.7. The van der Waals surface area contributed by atoms with Gasteiger partial charge in [-0.1, -0.05) is 23.3 Å². The van der Waals surface area contributed by atoms with Gasteiger partial charge in [0.05, 0.1) is 0 Å². The van der Waals surface area contributed by atoms with Crippen LogP contribution in [0.25, 0.3) is 0 Å². The van der Waals surface area contributed by atoms with E-state index < -0.39 is 0 Å². The van der Waals surface area contributed by atoms with Gasteiger partial charge in [0.2, 0.25) is 0 Å². The molecule has 0 radical (unpaired) electrons. The van der Waals surface area contributed by atoms with E-state index in [2.05, 4.69) is 17.5 Å². The van der Waals surface area contributed by atoms with Gasteiger partial charge in [-0.3, -0.25) is 0 Å². The fourth-order valence-corrected chi connectivity index (χ4v) is 1.99. The first-order valence-corrected chi connectivity index (χ1v) is 5.02. The lowest BCUT2D eigenvalue weighted by atomic mass is 9.95. The van der Waals surface area contributed by atoms with Crippen LogP contribution >= 0.6 is 0 Å². The molecule has 1 nitrogen and oxygen atoms in total. The molecular weight excluding hydrogens is 146 g/mol. The fraction of sp³-hybridized carbons (Fsp3) is 0.636. The highest BCUT2D eigenvalue weighted by Gasteiger charge is 2.07. The molecule has 0 spiro atoms. The van der Waals surface area contributed by atoms with E-state index in [4.69, 9.17) is 0 Å². The minimum Gasteiger partial charge on any atom is -0.313 e. The van der Waals surface area contributed by atoms with Gasteiger partial charge in [0.25, 0.3) is 0 Å². The summed E-state index contributed by atoms with van der Waals surface area (Å²) in [4.78, 5) is 0. The molecule has 1 aliphatic carbocycles. The van der Waals surface area contributed by atoms with Crippen molar-refractivity contribution in [2.24, 2.45) is 0 Å². The maximum atomic E-state index is 3.48. The molecule has 0 amide bonds. The summed E-state index contributed by atoms with van der Waals surface area (Å²) in [6, 6.07) is 0. The van der Waals surface area contributed by atoms with Gasteiger partial charge in [-0.05, 0) is 38.6 Å². The van der Waals surface area contributed by atoms with Crippen molar-refractivity contribution >= 4 is 0 Å². The summed E-state index contributed by atoms with van der Waals surface area (Å²) in [5.74, 6) is 0. The number of fused-ring (bicyclic) bond motifs is 3. The van der Waals surface area contributed by atoms with Crippen molar-refractivity contribution in [1.29, 1.82) is 0 Å². The van der Waals surface area contributed by atoms with E-state index in [9.17, 15) is 0 Å². The number of rotatable bonds is 0. The molecule has 0 atom stereocenters. The Morgan fingerprint density at radius 3 is 2.58 bits per heavy atom. The van der Waals surface area contributed by atoms with Crippen LogP contribution in [0, 0.1) is 0 Å². The number of hydrogen-bond acceptors (Lipinski definition) is 1. The lowest BCUT2D eigenvalue weighted by Crippen LogP contribution is -2.21. The summed E-state index contributed by atoms with van der Waals surface area (Å²) in [6.07, 6.45) is 11.3. The average molecular weight is 163 g/mol. The minimum atomic E-state index is 1.13. The molecule has 2 bridgehead atoms. The second-order valence-corrected chi connectivity index (χ2v) is 3.73. The van der Waals surface area contributed by atoms with Gasteiger partial charge < -0.3 is 5.32 Å². The SMILES string of the molecule is C1=C2CCNCC(=CCC1)CC2. The van der Waals surface area contributed by atoms with E-state index in [0.717, 1.165) is 6.54 Å².